The molecule has 0 aliphatic carbocycles. The number of rotatable bonds is 7. The van der Waals surface area contributed by atoms with E-state index in [1.807, 2.05) is 6.20 Å². The number of hydrogen-bond donors (Lipinski definition) is 0. The number of ether oxygens (including phenoxy) is 1. The van der Waals surface area contributed by atoms with Crippen molar-refractivity contribution < 1.29 is 4.74 Å². The molecule has 0 fully saturated rings. The Morgan fingerprint density at radius 2 is 1.08 bits per heavy atom. The minimum Gasteiger partial charge on any atom is -0.455 e. The maximum atomic E-state index is 7.39. The van der Waals surface area contributed by atoms with Gasteiger partial charge >= 0.3 is 0 Å². The molecule has 4 heterocycles. The molecule has 11 rings (SSSR count). The Morgan fingerprint density at radius 3 is 1.73 bits per heavy atom. The lowest BCUT2D eigenvalue weighted by molar-refractivity contribution is 0.237. The summed E-state index contributed by atoms with van der Waals surface area (Å²) in [5.41, 5.74) is 12.1. The van der Waals surface area contributed by atoms with Crippen LogP contribution in [-0.2, 0) is 5.41 Å². The second-order valence-corrected chi connectivity index (χ2v) is 18.9. The first kappa shape index (κ1) is 39.3. The zero-order valence-corrected chi connectivity index (χ0v) is 37.2. The van der Waals surface area contributed by atoms with Crippen LogP contribution in [0.3, 0.4) is 0 Å². The van der Waals surface area contributed by atoms with E-state index in [9.17, 15) is 0 Å². The zero-order valence-electron chi connectivity index (χ0n) is 37.2. The lowest BCUT2D eigenvalue weighted by Crippen LogP contribution is -2.41. The number of fused-ring (bicyclic) bond motifs is 7. The minimum atomic E-state index is -0.153. The van der Waals surface area contributed by atoms with E-state index < -0.39 is 0 Å². The molecule has 0 atom stereocenters. The molecule has 1 aliphatic heterocycles. The van der Waals surface area contributed by atoms with Crippen molar-refractivity contribution in [1.29, 1.82) is 0 Å². The third kappa shape index (κ3) is 6.52. The van der Waals surface area contributed by atoms with E-state index >= 15 is 0 Å². The Bertz CT molecular complexity index is 3400. The van der Waals surface area contributed by atoms with Gasteiger partial charge in [-0.3, -0.25) is 4.57 Å². The van der Waals surface area contributed by atoms with Gasteiger partial charge in [0.25, 0.3) is 0 Å². The van der Waals surface area contributed by atoms with E-state index in [1.165, 1.54) is 33.3 Å². The van der Waals surface area contributed by atoms with Crippen LogP contribution in [0, 0.1) is 0 Å². The van der Waals surface area contributed by atoms with Crippen LogP contribution >= 0.6 is 0 Å². The molecule has 3 aromatic heterocycles. The highest BCUT2D eigenvalue weighted by Crippen LogP contribution is 2.49. The van der Waals surface area contributed by atoms with Crippen LogP contribution in [0.15, 0.2) is 188 Å². The second kappa shape index (κ2) is 15.1. The van der Waals surface area contributed by atoms with Crippen molar-refractivity contribution in [1.82, 2.24) is 19.0 Å². The SMILES string of the molecule is CC(C)(C)c1ccnc(-n2c3ccccc3c3c4c5ccccc5n(-c5ccccc5)c4c(Oc4cccc(N5CN(C(C)(C)C)C(c6ccccc6)=C5c5ccccc5)c4)cc32)c1. The number of benzene rings is 7. The minimum absolute atomic E-state index is 0.0528. The fraction of sp³-hybridized carbons (Fsp3) is 0.155. The Balaban J connectivity index is 1.17. The van der Waals surface area contributed by atoms with Crippen LogP contribution < -0.4 is 9.64 Å². The monoisotopic (exact) mass is 833 g/mol. The number of anilines is 1. The second-order valence-electron chi connectivity index (χ2n) is 18.9. The highest BCUT2D eigenvalue weighted by atomic mass is 16.5. The van der Waals surface area contributed by atoms with Gasteiger partial charge in [0.15, 0.2) is 5.75 Å². The van der Waals surface area contributed by atoms with Crippen molar-refractivity contribution in [3.63, 3.8) is 0 Å². The van der Waals surface area contributed by atoms with Crippen molar-refractivity contribution in [2.75, 3.05) is 11.6 Å². The molecule has 0 saturated carbocycles. The molecule has 0 spiro atoms. The lowest BCUT2D eigenvalue weighted by Gasteiger charge is -2.36. The largest absolute Gasteiger partial charge is 0.455 e. The molecule has 6 heteroatoms. The van der Waals surface area contributed by atoms with Gasteiger partial charge in [-0.1, -0.05) is 142 Å². The predicted molar refractivity (Wildman–Crippen MR) is 267 cm³/mol. The van der Waals surface area contributed by atoms with Gasteiger partial charge in [-0.05, 0) is 80.3 Å². The van der Waals surface area contributed by atoms with Crippen molar-refractivity contribution in [3.8, 4) is 23.0 Å². The van der Waals surface area contributed by atoms with E-state index in [2.05, 4.69) is 242 Å². The van der Waals surface area contributed by atoms with Gasteiger partial charge in [0.05, 0.1) is 40.1 Å². The number of aromatic nitrogens is 3. The van der Waals surface area contributed by atoms with Crippen molar-refractivity contribution in [2.24, 2.45) is 0 Å². The Morgan fingerprint density at radius 1 is 0.500 bits per heavy atom. The predicted octanol–water partition coefficient (Wildman–Crippen LogP) is 14.8. The average Bonchev–Trinajstić information content (AvgIpc) is 3.99. The van der Waals surface area contributed by atoms with Gasteiger partial charge in [0.2, 0.25) is 0 Å². The third-order valence-corrected chi connectivity index (χ3v) is 12.7. The van der Waals surface area contributed by atoms with Crippen LogP contribution in [0.25, 0.3) is 66.5 Å². The number of nitrogens with zero attached hydrogens (tertiary/aromatic N) is 5. The average molecular weight is 834 g/mol. The zero-order chi connectivity index (χ0) is 43.7. The first-order valence-electron chi connectivity index (χ1n) is 22.2. The lowest BCUT2D eigenvalue weighted by atomic mass is 9.88. The molecule has 6 nitrogen and oxygen atoms in total. The fourth-order valence-electron chi connectivity index (χ4n) is 9.67. The van der Waals surface area contributed by atoms with Crippen LogP contribution in [0.2, 0.25) is 0 Å². The number of para-hydroxylation sites is 3. The van der Waals surface area contributed by atoms with E-state index in [-0.39, 0.29) is 11.0 Å². The van der Waals surface area contributed by atoms with Crippen LogP contribution in [0.4, 0.5) is 5.69 Å². The maximum absolute atomic E-state index is 7.39. The topological polar surface area (TPSA) is 38.5 Å². The first-order chi connectivity index (χ1) is 31.0. The summed E-state index contributed by atoms with van der Waals surface area (Å²) in [5, 5.41) is 4.65. The molecule has 0 unspecified atom stereocenters. The summed E-state index contributed by atoms with van der Waals surface area (Å²) in [7, 11) is 0. The molecule has 1 aliphatic rings. The third-order valence-electron chi connectivity index (χ3n) is 12.7. The highest BCUT2D eigenvalue weighted by Gasteiger charge is 2.37. The Labute approximate surface area is 374 Å². The molecule has 314 valence electrons. The molecular formula is C58H51N5O. The smallest absolute Gasteiger partial charge is 0.154 e. The van der Waals surface area contributed by atoms with E-state index in [4.69, 9.17) is 9.72 Å². The summed E-state index contributed by atoms with van der Waals surface area (Å²) in [6, 6.07) is 64.9. The Hall–Kier alpha value is -7.57. The Kier molecular flexibility index (Phi) is 9.24. The maximum Gasteiger partial charge on any atom is 0.154 e. The van der Waals surface area contributed by atoms with Crippen LogP contribution in [0.5, 0.6) is 11.5 Å². The molecule has 0 saturated heterocycles. The summed E-state index contributed by atoms with van der Waals surface area (Å²) in [5.74, 6) is 2.39. The molecular weight excluding hydrogens is 783 g/mol. The van der Waals surface area contributed by atoms with Crippen molar-refractivity contribution in [2.45, 2.75) is 52.5 Å². The van der Waals surface area contributed by atoms with E-state index in [0.29, 0.717) is 6.67 Å². The normalized spacial score (nSPS) is 13.6. The summed E-state index contributed by atoms with van der Waals surface area (Å²) < 4.78 is 12.1. The van der Waals surface area contributed by atoms with Gasteiger partial charge in [0.1, 0.15) is 11.6 Å². The first-order valence-corrected chi connectivity index (χ1v) is 22.2. The van der Waals surface area contributed by atoms with Crippen LogP contribution in [-0.4, -0.2) is 31.2 Å². The fourth-order valence-corrected chi connectivity index (χ4v) is 9.67. The summed E-state index contributed by atoms with van der Waals surface area (Å²) in [6.07, 6.45) is 1.94. The van der Waals surface area contributed by atoms with Gasteiger partial charge in [0, 0.05) is 67.9 Å². The molecule has 7 aromatic carbocycles. The molecule has 0 N–H and O–H groups in total. The molecule has 0 bridgehead atoms. The molecule has 0 amide bonds. The molecule has 0 radical (unpaired) electrons. The van der Waals surface area contributed by atoms with Crippen molar-refractivity contribution in [3.05, 3.63) is 205 Å². The molecule has 10 aromatic rings. The number of hydrogen-bond acceptors (Lipinski definition) is 4. The standard InChI is InChI=1S/C58H51N5O/c1-57(2,3)41-33-34-59-51(35-41)63-48-32-19-16-29-45(48)52-49(63)37-50(56-53(52)46-30-17-18-31-47(46)62(56)42-25-14-9-15-26-42)64-44-28-20-27-43(36-44)60-38-61(58(4,5)6)55(40-23-12-8-13-24-40)54(60)39-21-10-7-11-22-39/h7-37H,38H2,1-6H3. The summed E-state index contributed by atoms with van der Waals surface area (Å²) in [6.45, 7) is 14.3. The van der Waals surface area contributed by atoms with E-state index in [1.54, 1.807) is 0 Å². The summed E-state index contributed by atoms with van der Waals surface area (Å²) in [4.78, 5) is 10.0. The van der Waals surface area contributed by atoms with Crippen LogP contribution in [0.1, 0.15) is 58.2 Å². The number of pyridine rings is 1. The van der Waals surface area contributed by atoms with Gasteiger partial charge in [-0.2, -0.15) is 0 Å². The van der Waals surface area contributed by atoms with Gasteiger partial charge in [-0.25, -0.2) is 4.98 Å². The highest BCUT2D eigenvalue weighted by molar-refractivity contribution is 6.30. The quantitative estimate of drug-likeness (QED) is 0.160. The van der Waals surface area contributed by atoms with Gasteiger partial charge in [-0.15, -0.1) is 0 Å². The summed E-state index contributed by atoms with van der Waals surface area (Å²) >= 11 is 0. The van der Waals surface area contributed by atoms with E-state index in [0.717, 1.165) is 67.1 Å². The van der Waals surface area contributed by atoms with Gasteiger partial charge < -0.3 is 19.1 Å². The molecule has 64 heavy (non-hydrogen) atoms. The van der Waals surface area contributed by atoms with Crippen molar-refractivity contribution >= 4 is 60.7 Å².